The summed E-state index contributed by atoms with van der Waals surface area (Å²) in [6.45, 7) is 13.2. The molecule has 0 spiro atoms. The summed E-state index contributed by atoms with van der Waals surface area (Å²) in [7, 11) is 1.19. The number of hydrogen-bond acceptors (Lipinski definition) is 14. The van der Waals surface area contributed by atoms with Crippen LogP contribution < -0.4 is 46.7 Å². The smallest absolute Gasteiger partial charge is 0.408 e. The number of para-hydroxylation sites is 2. The van der Waals surface area contributed by atoms with Gasteiger partial charge in [0.2, 0.25) is 29.5 Å². The van der Waals surface area contributed by atoms with Crippen molar-refractivity contribution in [3.63, 3.8) is 0 Å². The van der Waals surface area contributed by atoms with Gasteiger partial charge in [-0.3, -0.25) is 28.8 Å². The van der Waals surface area contributed by atoms with Crippen LogP contribution in [0.5, 0.6) is 23.0 Å². The second-order valence-corrected chi connectivity index (χ2v) is 20.6. The number of anilines is 1. The predicted molar refractivity (Wildman–Crippen MR) is 309 cm³/mol. The minimum atomic E-state index is -1.13. The first-order valence-electron chi connectivity index (χ1n) is 27.7. The summed E-state index contributed by atoms with van der Waals surface area (Å²) in [4.78, 5) is 105. The Morgan fingerprint density at radius 3 is 1.28 bits per heavy atom. The molecule has 21 heteroatoms. The maximum Gasteiger partial charge on any atom is 0.408 e. The number of fused-ring (bicyclic) bond motifs is 8. The average molecular weight is 1140 g/mol. The van der Waals surface area contributed by atoms with Crippen LogP contribution in [0.25, 0.3) is 0 Å². The lowest BCUT2D eigenvalue weighted by Gasteiger charge is -2.22. The molecule has 6 atom stereocenters. The zero-order valence-corrected chi connectivity index (χ0v) is 48.3. The van der Waals surface area contributed by atoms with Gasteiger partial charge in [-0.15, -0.1) is 0 Å². The first-order valence-corrected chi connectivity index (χ1v) is 27.7. The zero-order valence-electron chi connectivity index (χ0n) is 48.3. The molecule has 0 saturated heterocycles. The van der Waals surface area contributed by atoms with E-state index in [9.17, 15) is 48.6 Å². The lowest BCUT2D eigenvalue weighted by atomic mass is 9.90. The summed E-state index contributed by atoms with van der Waals surface area (Å²) in [6, 6.07) is 19.9. The fourth-order valence-electron chi connectivity index (χ4n) is 9.08. The van der Waals surface area contributed by atoms with Crippen LogP contribution in [0.4, 0.5) is 10.5 Å². The molecule has 1 aliphatic carbocycles. The van der Waals surface area contributed by atoms with E-state index in [2.05, 4.69) is 42.0 Å². The summed E-state index contributed by atoms with van der Waals surface area (Å²) in [5.74, 6) is -3.71. The molecule has 5 aromatic rings. The number of methoxy groups -OCH3 is 1. The monoisotopic (exact) mass is 1140 g/mol. The third-order valence-electron chi connectivity index (χ3n) is 13.7. The molecule has 7 amide bonds. The number of aromatic hydroxyl groups is 2. The SMILES string of the molecule is CCCOc1c2cccc1Cc1cc(C(=O)N[C@@H](C)C(=O)N[C@@H](C)C(=O)N[C@@H](C)C(=O)OC)cc(c1O)Cc1cccc(c1OCCC)Cc1cc(NC(=O)C(C)NC(=O)[C@H](C)NC(=O)[C@H](C)NC(=O)OCc3ccccc3)cc(c1O)C2. The first kappa shape index (κ1) is 63.0. The molecule has 1 unspecified atom stereocenters. The quantitative estimate of drug-likeness (QED) is 0.0282. The van der Waals surface area contributed by atoms with Gasteiger partial charge in [0.25, 0.3) is 5.91 Å². The maximum absolute atomic E-state index is 14.2. The van der Waals surface area contributed by atoms with E-state index in [1.54, 1.807) is 48.5 Å². The summed E-state index contributed by atoms with van der Waals surface area (Å²) < 4.78 is 22.8. The molecule has 0 heterocycles. The van der Waals surface area contributed by atoms with E-state index in [4.69, 9.17) is 14.2 Å². The van der Waals surface area contributed by atoms with Crippen LogP contribution in [-0.4, -0.2) is 114 Å². The van der Waals surface area contributed by atoms with Crippen molar-refractivity contribution in [3.8, 4) is 23.0 Å². The van der Waals surface area contributed by atoms with Gasteiger partial charge in [-0.2, -0.15) is 0 Å². The molecule has 0 radical (unpaired) electrons. The molecule has 0 aromatic heterocycles. The van der Waals surface area contributed by atoms with E-state index in [1.165, 1.54) is 48.7 Å². The Bertz CT molecular complexity index is 3080. The van der Waals surface area contributed by atoms with Crippen LogP contribution >= 0.6 is 0 Å². The highest BCUT2D eigenvalue weighted by Crippen LogP contribution is 2.40. The molecule has 0 saturated carbocycles. The number of amides is 7. The molecular weight excluding hydrogens is 1070 g/mol. The van der Waals surface area contributed by atoms with Gasteiger partial charge in [-0.05, 0) is 118 Å². The van der Waals surface area contributed by atoms with Gasteiger partial charge in [0.1, 0.15) is 65.9 Å². The highest BCUT2D eigenvalue weighted by molar-refractivity contribution is 6.00. The molecule has 0 fully saturated rings. The van der Waals surface area contributed by atoms with Crippen LogP contribution in [0.1, 0.15) is 129 Å². The molecule has 83 heavy (non-hydrogen) atoms. The average Bonchev–Trinajstić information content (AvgIpc) is 3.55. The Morgan fingerprint density at radius 1 is 0.470 bits per heavy atom. The molecule has 21 nitrogen and oxygen atoms in total. The van der Waals surface area contributed by atoms with Crippen molar-refractivity contribution in [3.05, 3.63) is 147 Å². The van der Waals surface area contributed by atoms with E-state index in [0.29, 0.717) is 87.7 Å². The number of esters is 1. The second kappa shape index (κ2) is 29.5. The highest BCUT2D eigenvalue weighted by Gasteiger charge is 2.29. The number of nitrogens with one attached hydrogen (secondary N) is 7. The first-order chi connectivity index (χ1) is 39.6. The summed E-state index contributed by atoms with van der Waals surface area (Å²) in [6.07, 6.45) is 0.787. The van der Waals surface area contributed by atoms with Gasteiger partial charge in [0.05, 0.1) is 20.3 Å². The van der Waals surface area contributed by atoms with Crippen LogP contribution in [0.3, 0.4) is 0 Å². The molecule has 0 aliphatic heterocycles. The molecule has 8 bridgehead atoms. The Balaban J connectivity index is 1.28. The van der Waals surface area contributed by atoms with E-state index in [-0.39, 0.29) is 49.4 Å². The highest BCUT2D eigenvalue weighted by atomic mass is 16.5. The van der Waals surface area contributed by atoms with Crippen LogP contribution in [0.15, 0.2) is 91.0 Å². The number of carbonyl (C=O) groups is 8. The predicted octanol–water partition coefficient (Wildman–Crippen LogP) is 5.92. The van der Waals surface area contributed by atoms with Crippen molar-refractivity contribution in [2.45, 2.75) is 137 Å². The lowest BCUT2D eigenvalue weighted by molar-refractivity contribution is -0.144. The third-order valence-corrected chi connectivity index (χ3v) is 13.7. The number of carbonyl (C=O) groups excluding carboxylic acids is 8. The summed E-state index contributed by atoms with van der Waals surface area (Å²) >= 11 is 0. The number of alkyl carbamates (subject to hydrolysis) is 1. The molecule has 6 rings (SSSR count). The molecule has 1 aliphatic rings. The van der Waals surface area contributed by atoms with E-state index in [0.717, 1.165) is 5.56 Å². The van der Waals surface area contributed by atoms with Crippen molar-refractivity contribution in [2.75, 3.05) is 25.6 Å². The van der Waals surface area contributed by atoms with Gasteiger partial charge in [-0.25, -0.2) is 9.59 Å². The van der Waals surface area contributed by atoms with Gasteiger partial charge < -0.3 is 66.4 Å². The van der Waals surface area contributed by atoms with Crippen molar-refractivity contribution >= 4 is 53.2 Å². The Hall–Kier alpha value is -9.14. The summed E-state index contributed by atoms with van der Waals surface area (Å²) in [5, 5.41) is 42.8. The maximum atomic E-state index is 14.2. The Morgan fingerprint density at radius 2 is 0.855 bits per heavy atom. The molecule has 9 N–H and O–H groups in total. The standard InChI is InChI=1S/C62H75N7O14/c1-10-23-81-53-41-19-15-21-43(53)27-47-31-50(69-59(76)37(6)65-55(72)34(3)64-58(75)38(7)68-62(79)83-33-40-17-13-12-14-18-40)32-48(52(47)71)28-44-22-16-20-42(54(44)82-24-11-2)26-46-30-49(29-45(25-41)51(46)70)60(77)66-36(5)56(73)63-35(4)57(74)67-39(8)61(78)80-9/h12-22,29-32,34-39,70-71H,10-11,23-28,33H2,1-9H3,(H,63,73)(H,64,75)(H,65,72)(H,66,77)(H,67,74)(H,68,79)(H,69,76)/t34-,35-,36-,37?,38-,39-/m0/s1. The number of rotatable bonds is 22. The van der Waals surface area contributed by atoms with Crippen molar-refractivity contribution in [1.82, 2.24) is 31.9 Å². The van der Waals surface area contributed by atoms with Crippen LogP contribution in [-0.2, 0) is 70.5 Å². The van der Waals surface area contributed by atoms with E-state index in [1.807, 2.05) is 56.3 Å². The Labute approximate surface area is 483 Å². The van der Waals surface area contributed by atoms with Crippen molar-refractivity contribution in [1.29, 1.82) is 0 Å². The fourth-order valence-corrected chi connectivity index (χ4v) is 9.08. The molecule has 442 valence electrons. The normalized spacial score (nSPS) is 13.8. The number of hydrogen-bond donors (Lipinski definition) is 9. The minimum absolute atomic E-state index is 0.00318. The van der Waals surface area contributed by atoms with Crippen molar-refractivity contribution < 1.29 is 67.5 Å². The number of phenols is 2. The van der Waals surface area contributed by atoms with E-state index < -0.39 is 83.8 Å². The summed E-state index contributed by atoms with van der Waals surface area (Å²) in [5.41, 5.74) is 5.37. The number of ether oxygens (including phenoxy) is 4. The minimum Gasteiger partial charge on any atom is -0.507 e. The zero-order chi connectivity index (χ0) is 60.5. The molecule has 5 aromatic carbocycles. The fraction of sp³-hybridized carbons (Fsp3) is 0.387. The number of phenolic OH excluding ortho intramolecular Hbond substituents is 2. The van der Waals surface area contributed by atoms with Gasteiger partial charge in [-0.1, -0.05) is 80.6 Å². The van der Waals surface area contributed by atoms with Gasteiger partial charge in [0.15, 0.2) is 0 Å². The van der Waals surface area contributed by atoms with Gasteiger partial charge in [0, 0.05) is 48.1 Å². The van der Waals surface area contributed by atoms with E-state index >= 15 is 0 Å². The van der Waals surface area contributed by atoms with Gasteiger partial charge >= 0.3 is 12.1 Å². The lowest BCUT2D eigenvalue weighted by Crippen LogP contribution is -2.54. The molecular formula is C62H75N7O14. The van der Waals surface area contributed by atoms with Crippen molar-refractivity contribution in [2.24, 2.45) is 0 Å². The van der Waals surface area contributed by atoms with Crippen LogP contribution in [0, 0.1) is 0 Å². The van der Waals surface area contributed by atoms with Crippen LogP contribution in [0.2, 0.25) is 0 Å². The topological polar surface area (TPSA) is 298 Å². The Kier molecular flexibility index (Phi) is 22.4. The largest absolute Gasteiger partial charge is 0.507 e. The third kappa shape index (κ3) is 17.2. The second-order valence-electron chi connectivity index (χ2n) is 20.6. The number of benzene rings is 5.